The number of methoxy groups -OCH3 is 1. The lowest BCUT2D eigenvalue weighted by molar-refractivity contribution is -0.141. The van der Waals surface area contributed by atoms with Crippen molar-refractivity contribution >= 4 is 23.6 Å². The second-order valence-corrected chi connectivity index (χ2v) is 6.38. The van der Waals surface area contributed by atoms with Crippen LogP contribution in [-0.2, 0) is 4.79 Å². The van der Waals surface area contributed by atoms with Gasteiger partial charge in [0, 0.05) is 5.75 Å². The van der Waals surface area contributed by atoms with Crippen molar-refractivity contribution in [2.45, 2.75) is 25.3 Å². The maximum Gasteiger partial charge on any atom is 0.327 e. The van der Waals surface area contributed by atoms with E-state index in [9.17, 15) is 14.7 Å². The summed E-state index contributed by atoms with van der Waals surface area (Å²) in [6, 6.07) is 6.11. The monoisotopic (exact) mass is 309 g/mol. The summed E-state index contributed by atoms with van der Waals surface area (Å²) in [4.78, 5) is 25.7. The highest BCUT2D eigenvalue weighted by molar-refractivity contribution is 8.00. The molecule has 0 saturated carbocycles. The minimum atomic E-state index is -0.964. The Hall–Kier alpha value is -1.69. The van der Waals surface area contributed by atoms with Crippen LogP contribution in [0.1, 0.15) is 24.2 Å². The molecule has 1 aromatic carbocycles. The van der Waals surface area contributed by atoms with Gasteiger partial charge in [0.15, 0.2) is 0 Å². The number of thioether (sulfide) groups is 1. The Kier molecular flexibility index (Phi) is 4.77. The van der Waals surface area contributed by atoms with Crippen LogP contribution in [0.4, 0.5) is 0 Å². The number of carboxylic acid groups (broad SMARTS) is 1. The van der Waals surface area contributed by atoms with Crippen molar-refractivity contribution in [1.29, 1.82) is 0 Å². The number of benzene rings is 1. The van der Waals surface area contributed by atoms with Crippen LogP contribution in [0.25, 0.3) is 0 Å². The van der Waals surface area contributed by atoms with Gasteiger partial charge in [0.1, 0.15) is 11.8 Å². The van der Waals surface area contributed by atoms with Gasteiger partial charge in [-0.3, -0.25) is 4.79 Å². The summed E-state index contributed by atoms with van der Waals surface area (Å²) < 4.78 is 5.22. The molecule has 0 spiro atoms. The molecule has 0 aliphatic carbocycles. The van der Waals surface area contributed by atoms with Crippen molar-refractivity contribution in [1.82, 2.24) is 4.90 Å². The lowest BCUT2D eigenvalue weighted by Crippen LogP contribution is -2.47. The second-order valence-electron chi connectivity index (χ2n) is 5.23. The first-order valence-corrected chi connectivity index (χ1v) is 7.82. The Morgan fingerprint density at radius 3 is 2.62 bits per heavy atom. The highest BCUT2D eigenvalue weighted by Gasteiger charge is 2.43. The number of amides is 1. The van der Waals surface area contributed by atoms with E-state index < -0.39 is 12.0 Å². The molecule has 1 N–H and O–H groups in total. The van der Waals surface area contributed by atoms with E-state index in [1.165, 1.54) is 23.8 Å². The minimum absolute atomic E-state index is 0.136. The average Bonchev–Trinajstić information content (AvgIpc) is 2.91. The van der Waals surface area contributed by atoms with Gasteiger partial charge >= 0.3 is 5.97 Å². The third kappa shape index (κ3) is 3.00. The van der Waals surface area contributed by atoms with Gasteiger partial charge in [-0.15, -0.1) is 11.8 Å². The summed E-state index contributed by atoms with van der Waals surface area (Å²) in [6.07, 6.45) is 0. The molecular weight excluding hydrogens is 290 g/mol. The van der Waals surface area contributed by atoms with E-state index in [0.29, 0.717) is 17.1 Å². The Balaban J connectivity index is 2.39. The third-order valence-electron chi connectivity index (χ3n) is 3.46. The molecule has 1 aliphatic heterocycles. The molecule has 1 aromatic rings. The minimum Gasteiger partial charge on any atom is -0.496 e. The van der Waals surface area contributed by atoms with E-state index in [2.05, 4.69) is 0 Å². The van der Waals surface area contributed by atoms with Crippen molar-refractivity contribution in [3.63, 3.8) is 0 Å². The lowest BCUT2D eigenvalue weighted by atomic mass is 10.1. The molecule has 5 nitrogen and oxygen atoms in total. The Labute approximate surface area is 128 Å². The van der Waals surface area contributed by atoms with Crippen molar-refractivity contribution in [2.75, 3.05) is 12.9 Å². The van der Waals surface area contributed by atoms with Gasteiger partial charge in [-0.05, 0) is 18.1 Å². The average molecular weight is 309 g/mol. The number of carbonyl (C=O) groups excluding carboxylic acids is 1. The molecule has 6 heteroatoms. The fraction of sp³-hybridized carbons (Fsp3) is 0.467. The first-order valence-electron chi connectivity index (χ1n) is 6.77. The van der Waals surface area contributed by atoms with Gasteiger partial charge in [0.2, 0.25) is 0 Å². The summed E-state index contributed by atoms with van der Waals surface area (Å²) in [6.45, 7) is 3.98. The second kappa shape index (κ2) is 6.39. The summed E-state index contributed by atoms with van der Waals surface area (Å²) >= 11 is 1.51. The fourth-order valence-electron chi connectivity index (χ4n) is 2.45. The molecule has 2 rings (SSSR count). The quantitative estimate of drug-likeness (QED) is 0.924. The van der Waals surface area contributed by atoms with Gasteiger partial charge in [-0.2, -0.15) is 0 Å². The van der Waals surface area contributed by atoms with Crippen molar-refractivity contribution in [2.24, 2.45) is 5.92 Å². The van der Waals surface area contributed by atoms with Gasteiger partial charge in [-0.1, -0.05) is 26.0 Å². The number of aliphatic carboxylic acids is 1. The Morgan fingerprint density at radius 2 is 2.05 bits per heavy atom. The maximum atomic E-state index is 12.8. The maximum absolute atomic E-state index is 12.8. The van der Waals surface area contributed by atoms with Crippen LogP contribution < -0.4 is 4.74 Å². The van der Waals surface area contributed by atoms with Crippen LogP contribution in [0.15, 0.2) is 24.3 Å². The molecule has 1 fully saturated rings. The summed E-state index contributed by atoms with van der Waals surface area (Å²) in [7, 11) is 1.50. The molecule has 1 heterocycles. The van der Waals surface area contributed by atoms with Crippen LogP contribution in [-0.4, -0.2) is 46.2 Å². The Bertz CT molecular complexity index is 546. The molecular formula is C15H19NO4S. The SMILES string of the molecule is COc1ccccc1C(=O)N1C(C(=O)O)CSC1C(C)C. The topological polar surface area (TPSA) is 66.8 Å². The number of rotatable bonds is 4. The van der Waals surface area contributed by atoms with Crippen molar-refractivity contribution < 1.29 is 19.4 Å². The van der Waals surface area contributed by atoms with Crippen molar-refractivity contribution in [3.05, 3.63) is 29.8 Å². The number of ether oxygens (including phenoxy) is 1. The van der Waals surface area contributed by atoms with Crippen LogP contribution in [0, 0.1) is 5.92 Å². The van der Waals surface area contributed by atoms with Gasteiger partial charge in [-0.25, -0.2) is 4.79 Å². The third-order valence-corrected chi connectivity index (χ3v) is 5.08. The highest BCUT2D eigenvalue weighted by atomic mass is 32.2. The largest absolute Gasteiger partial charge is 0.496 e. The van der Waals surface area contributed by atoms with Gasteiger partial charge in [0.25, 0.3) is 5.91 Å². The molecule has 1 amide bonds. The number of hydrogen-bond donors (Lipinski definition) is 1. The first kappa shape index (κ1) is 15.7. The number of nitrogens with zero attached hydrogens (tertiary/aromatic N) is 1. The van der Waals surface area contributed by atoms with Crippen LogP contribution in [0.2, 0.25) is 0 Å². The van der Waals surface area contributed by atoms with Gasteiger partial charge in [0.05, 0.1) is 18.0 Å². The first-order chi connectivity index (χ1) is 9.97. The zero-order valence-corrected chi connectivity index (χ0v) is 13.1. The molecule has 0 radical (unpaired) electrons. The van der Waals surface area contributed by atoms with E-state index in [0.717, 1.165) is 0 Å². The molecule has 114 valence electrons. The van der Waals surface area contributed by atoms with E-state index in [1.807, 2.05) is 13.8 Å². The van der Waals surface area contributed by atoms with E-state index >= 15 is 0 Å². The molecule has 21 heavy (non-hydrogen) atoms. The zero-order valence-electron chi connectivity index (χ0n) is 12.3. The highest BCUT2D eigenvalue weighted by Crippen LogP contribution is 2.36. The number of hydrogen-bond acceptors (Lipinski definition) is 4. The molecule has 0 bridgehead atoms. The standard InChI is InChI=1S/C15H19NO4S/c1-9(2)14-16(11(8-21-14)15(18)19)13(17)10-6-4-5-7-12(10)20-3/h4-7,9,11,14H,8H2,1-3H3,(H,18,19). The van der Waals surface area contributed by atoms with Crippen LogP contribution in [0.5, 0.6) is 5.75 Å². The molecule has 2 unspecified atom stereocenters. The van der Waals surface area contributed by atoms with E-state index in [1.54, 1.807) is 24.3 Å². The van der Waals surface area contributed by atoms with Crippen LogP contribution >= 0.6 is 11.8 Å². The number of para-hydroxylation sites is 1. The Morgan fingerprint density at radius 1 is 1.38 bits per heavy atom. The summed E-state index contributed by atoms with van der Waals surface area (Å²) in [5, 5.41) is 9.23. The molecule has 0 aromatic heterocycles. The van der Waals surface area contributed by atoms with E-state index in [4.69, 9.17) is 4.74 Å². The predicted octanol–water partition coefficient (Wildman–Crippen LogP) is 2.32. The van der Waals surface area contributed by atoms with Crippen LogP contribution in [0.3, 0.4) is 0 Å². The predicted molar refractivity (Wildman–Crippen MR) is 81.7 cm³/mol. The van der Waals surface area contributed by atoms with E-state index in [-0.39, 0.29) is 17.2 Å². The molecule has 1 aliphatic rings. The lowest BCUT2D eigenvalue weighted by Gasteiger charge is -2.30. The number of carboxylic acids is 1. The zero-order chi connectivity index (χ0) is 15.6. The summed E-state index contributed by atoms with van der Waals surface area (Å²) in [5.74, 6) is -0.194. The summed E-state index contributed by atoms with van der Waals surface area (Å²) in [5.41, 5.74) is 0.402. The smallest absolute Gasteiger partial charge is 0.327 e. The fourth-order valence-corrected chi connectivity index (χ4v) is 3.92. The van der Waals surface area contributed by atoms with Gasteiger partial charge < -0.3 is 14.7 Å². The molecule has 2 atom stereocenters. The normalized spacial score (nSPS) is 21.6. The molecule has 1 saturated heterocycles. The number of carbonyl (C=O) groups is 2. The van der Waals surface area contributed by atoms with Crippen molar-refractivity contribution in [3.8, 4) is 5.75 Å².